The summed E-state index contributed by atoms with van der Waals surface area (Å²) < 4.78 is 5.43. The molecule has 0 spiro atoms. The molecule has 1 saturated carbocycles. The Morgan fingerprint density at radius 3 is 2.15 bits per heavy atom. The predicted octanol–water partition coefficient (Wildman–Crippen LogP) is 4.80. The van der Waals surface area contributed by atoms with Crippen molar-refractivity contribution >= 4 is 17.9 Å². The van der Waals surface area contributed by atoms with E-state index in [4.69, 9.17) is 4.74 Å². The Labute approximate surface area is 205 Å². The molecule has 1 aromatic carbocycles. The Morgan fingerprint density at radius 1 is 1.06 bits per heavy atom. The van der Waals surface area contributed by atoms with Crippen LogP contribution in [0.15, 0.2) is 18.2 Å². The molecule has 0 aliphatic heterocycles. The summed E-state index contributed by atoms with van der Waals surface area (Å²) in [6.45, 7) is 17.2. The number of ether oxygens (including phenoxy) is 1. The molecule has 2 unspecified atom stereocenters. The van der Waals surface area contributed by atoms with Crippen molar-refractivity contribution in [2.45, 2.75) is 111 Å². The van der Waals surface area contributed by atoms with Crippen molar-refractivity contribution in [2.24, 2.45) is 5.92 Å². The van der Waals surface area contributed by atoms with Crippen LogP contribution in [0.5, 0.6) is 0 Å². The summed E-state index contributed by atoms with van der Waals surface area (Å²) in [6, 6.07) is 4.29. The number of nitrogens with zero attached hydrogens (tertiary/aromatic N) is 1. The standard InChI is InChI=1S/C27H43N3O4/c1-16(2)14-22(29-26(33)34-27(7,8)9)25(32)30(20-11-12-20)23(24(31)28-17(3)4)21-13-10-18(5)15-19(21)6/h10,13,15-17,20,22-23H,11-12,14H2,1-9H3,(H,28,31)(H,29,33). The van der Waals surface area contributed by atoms with Crippen molar-refractivity contribution in [3.8, 4) is 0 Å². The summed E-state index contributed by atoms with van der Waals surface area (Å²) in [7, 11) is 0. The fourth-order valence-electron chi connectivity index (χ4n) is 4.11. The molecule has 2 rings (SSSR count). The minimum atomic E-state index is -0.782. The quantitative estimate of drug-likeness (QED) is 0.539. The van der Waals surface area contributed by atoms with E-state index < -0.39 is 23.8 Å². The predicted molar refractivity (Wildman–Crippen MR) is 134 cm³/mol. The lowest BCUT2D eigenvalue weighted by Crippen LogP contribution is -2.54. The van der Waals surface area contributed by atoms with Crippen LogP contribution in [-0.4, -0.2) is 46.5 Å². The van der Waals surface area contributed by atoms with Gasteiger partial charge in [-0.1, -0.05) is 37.6 Å². The molecule has 2 N–H and O–H groups in total. The van der Waals surface area contributed by atoms with Gasteiger partial charge in [-0.15, -0.1) is 0 Å². The maximum atomic E-state index is 14.0. The van der Waals surface area contributed by atoms with Crippen LogP contribution in [0.25, 0.3) is 0 Å². The average Bonchev–Trinajstić information content (AvgIpc) is 3.48. The number of rotatable bonds is 9. The van der Waals surface area contributed by atoms with Crippen LogP contribution in [0.4, 0.5) is 4.79 Å². The Bertz CT molecular complexity index is 884. The van der Waals surface area contributed by atoms with E-state index in [0.29, 0.717) is 6.42 Å². The second kappa shape index (κ2) is 11.2. The Balaban J connectivity index is 2.48. The van der Waals surface area contributed by atoms with Gasteiger partial charge in [0.25, 0.3) is 0 Å². The number of alkyl carbamates (subject to hydrolysis) is 1. The molecule has 34 heavy (non-hydrogen) atoms. The smallest absolute Gasteiger partial charge is 0.408 e. The molecule has 0 saturated heterocycles. The Hall–Kier alpha value is -2.57. The topological polar surface area (TPSA) is 87.7 Å². The van der Waals surface area contributed by atoms with E-state index in [0.717, 1.165) is 29.5 Å². The van der Waals surface area contributed by atoms with Gasteiger partial charge < -0.3 is 20.3 Å². The zero-order valence-corrected chi connectivity index (χ0v) is 22.3. The molecule has 1 aliphatic rings. The average molecular weight is 474 g/mol. The first-order valence-corrected chi connectivity index (χ1v) is 12.4. The summed E-state index contributed by atoms with van der Waals surface area (Å²) in [5.41, 5.74) is 2.19. The van der Waals surface area contributed by atoms with Crippen molar-refractivity contribution in [3.05, 3.63) is 34.9 Å². The zero-order chi connectivity index (χ0) is 25.8. The molecule has 1 fully saturated rings. The molecule has 0 bridgehead atoms. The third-order valence-corrected chi connectivity index (χ3v) is 5.57. The maximum absolute atomic E-state index is 14.0. The number of carbonyl (C=O) groups is 3. The highest BCUT2D eigenvalue weighted by Crippen LogP contribution is 2.37. The van der Waals surface area contributed by atoms with Gasteiger partial charge in [-0.05, 0) is 84.8 Å². The van der Waals surface area contributed by atoms with Crippen molar-refractivity contribution in [3.63, 3.8) is 0 Å². The lowest BCUT2D eigenvalue weighted by Gasteiger charge is -2.36. The van der Waals surface area contributed by atoms with Crippen LogP contribution in [0.2, 0.25) is 0 Å². The van der Waals surface area contributed by atoms with Gasteiger partial charge in [0.05, 0.1) is 0 Å². The van der Waals surface area contributed by atoms with Crippen LogP contribution < -0.4 is 10.6 Å². The number of carbonyl (C=O) groups excluding carboxylic acids is 3. The van der Waals surface area contributed by atoms with Crippen molar-refractivity contribution in [1.29, 1.82) is 0 Å². The van der Waals surface area contributed by atoms with E-state index in [1.165, 1.54) is 0 Å². The van der Waals surface area contributed by atoms with Crippen molar-refractivity contribution in [2.75, 3.05) is 0 Å². The minimum Gasteiger partial charge on any atom is -0.444 e. The normalized spacial score (nSPS) is 15.6. The van der Waals surface area contributed by atoms with E-state index >= 15 is 0 Å². The summed E-state index contributed by atoms with van der Waals surface area (Å²) in [5, 5.41) is 5.80. The molecule has 1 aliphatic carbocycles. The van der Waals surface area contributed by atoms with Crippen LogP contribution >= 0.6 is 0 Å². The highest BCUT2D eigenvalue weighted by atomic mass is 16.6. The first-order chi connectivity index (χ1) is 15.7. The van der Waals surface area contributed by atoms with Gasteiger partial charge in [-0.3, -0.25) is 9.59 Å². The third-order valence-electron chi connectivity index (χ3n) is 5.57. The summed E-state index contributed by atoms with van der Waals surface area (Å²) in [6.07, 6.45) is 1.50. The lowest BCUT2D eigenvalue weighted by molar-refractivity contribution is -0.143. The van der Waals surface area contributed by atoms with E-state index in [1.54, 1.807) is 25.7 Å². The second-order valence-electron chi connectivity index (χ2n) is 11.2. The van der Waals surface area contributed by atoms with E-state index in [-0.39, 0.29) is 29.8 Å². The fourth-order valence-corrected chi connectivity index (χ4v) is 4.11. The van der Waals surface area contributed by atoms with E-state index in [9.17, 15) is 14.4 Å². The van der Waals surface area contributed by atoms with E-state index in [1.807, 2.05) is 59.7 Å². The monoisotopic (exact) mass is 473 g/mol. The molecule has 0 radical (unpaired) electrons. The molecule has 0 aromatic heterocycles. The minimum absolute atomic E-state index is 0.0359. The lowest BCUT2D eigenvalue weighted by atomic mass is 9.95. The molecular formula is C27H43N3O4. The largest absolute Gasteiger partial charge is 0.444 e. The van der Waals surface area contributed by atoms with Crippen LogP contribution in [0, 0.1) is 19.8 Å². The van der Waals surface area contributed by atoms with Gasteiger partial charge in [0.1, 0.15) is 17.7 Å². The SMILES string of the molecule is Cc1ccc(C(C(=O)NC(C)C)N(C(=O)C(CC(C)C)NC(=O)OC(C)(C)C)C2CC2)c(C)c1. The summed E-state index contributed by atoms with van der Waals surface area (Å²) in [5.74, 6) is -0.289. The van der Waals surface area contributed by atoms with Gasteiger partial charge in [-0.25, -0.2) is 4.79 Å². The maximum Gasteiger partial charge on any atom is 0.408 e. The van der Waals surface area contributed by atoms with Gasteiger partial charge in [0.15, 0.2) is 0 Å². The number of aryl methyl sites for hydroxylation is 2. The number of hydrogen-bond donors (Lipinski definition) is 2. The molecule has 1 aromatic rings. The number of amides is 3. The zero-order valence-electron chi connectivity index (χ0n) is 22.3. The van der Waals surface area contributed by atoms with Crippen LogP contribution in [-0.2, 0) is 14.3 Å². The first-order valence-electron chi connectivity index (χ1n) is 12.4. The van der Waals surface area contributed by atoms with Gasteiger partial charge in [0, 0.05) is 12.1 Å². The van der Waals surface area contributed by atoms with Crippen molar-refractivity contribution in [1.82, 2.24) is 15.5 Å². The molecular weight excluding hydrogens is 430 g/mol. The highest BCUT2D eigenvalue weighted by Gasteiger charge is 2.44. The molecule has 7 heteroatoms. The Kier molecular flexibility index (Phi) is 9.15. The fraction of sp³-hybridized carbons (Fsp3) is 0.667. The second-order valence-corrected chi connectivity index (χ2v) is 11.2. The van der Waals surface area contributed by atoms with Gasteiger partial charge in [0.2, 0.25) is 11.8 Å². The molecule has 3 amide bonds. The van der Waals surface area contributed by atoms with E-state index in [2.05, 4.69) is 10.6 Å². The Morgan fingerprint density at radius 2 is 1.68 bits per heavy atom. The van der Waals surface area contributed by atoms with Crippen LogP contribution in [0.3, 0.4) is 0 Å². The van der Waals surface area contributed by atoms with Gasteiger partial charge in [-0.2, -0.15) is 0 Å². The summed E-state index contributed by atoms with van der Waals surface area (Å²) >= 11 is 0. The number of hydrogen-bond acceptors (Lipinski definition) is 4. The molecule has 190 valence electrons. The van der Waals surface area contributed by atoms with Gasteiger partial charge >= 0.3 is 6.09 Å². The highest BCUT2D eigenvalue weighted by molar-refractivity contribution is 5.93. The first kappa shape index (κ1) is 27.7. The molecule has 2 atom stereocenters. The number of benzene rings is 1. The number of nitrogens with one attached hydrogen (secondary N) is 2. The third kappa shape index (κ3) is 8.03. The van der Waals surface area contributed by atoms with Crippen LogP contribution in [0.1, 0.15) is 90.5 Å². The summed E-state index contributed by atoms with van der Waals surface area (Å²) in [4.78, 5) is 41.8. The molecule has 0 heterocycles. The molecule has 7 nitrogen and oxygen atoms in total. The van der Waals surface area contributed by atoms with Crippen molar-refractivity contribution < 1.29 is 19.1 Å².